The molecule has 7 heteroatoms. The molecule has 0 heterocycles. The second-order valence-electron chi connectivity index (χ2n) is 2.33. The van der Waals surface area contributed by atoms with E-state index in [1.165, 1.54) is 0 Å². The monoisotopic (exact) mass is 244 g/mol. The number of aromatic hydroxyl groups is 1. The van der Waals surface area contributed by atoms with Crippen molar-refractivity contribution in [2.45, 2.75) is 10.4 Å². The first-order chi connectivity index (χ1) is 6.32. The average Bonchev–Trinajstić information content (AvgIpc) is 2.01. The average molecular weight is 245 g/mol. The van der Waals surface area contributed by atoms with Gasteiger partial charge in [-0.1, -0.05) is 11.6 Å². The number of hydrogen-bond acceptors (Lipinski definition) is 2. The van der Waals surface area contributed by atoms with Gasteiger partial charge >= 0.3 is 5.51 Å². The van der Waals surface area contributed by atoms with Crippen molar-refractivity contribution in [2.24, 2.45) is 0 Å². The molecule has 0 bridgehead atoms. The van der Waals surface area contributed by atoms with Gasteiger partial charge in [0.2, 0.25) is 0 Å². The van der Waals surface area contributed by atoms with Crippen molar-refractivity contribution in [3.05, 3.63) is 23.2 Å². The molecule has 0 amide bonds. The van der Waals surface area contributed by atoms with Gasteiger partial charge < -0.3 is 9.66 Å². The zero-order valence-corrected chi connectivity index (χ0v) is 8.08. The van der Waals surface area contributed by atoms with E-state index in [-0.39, 0.29) is 10.8 Å². The van der Waals surface area contributed by atoms with Gasteiger partial charge in [0.05, 0.1) is 5.02 Å². The second kappa shape index (κ2) is 3.88. The van der Waals surface area contributed by atoms with Crippen LogP contribution in [0.2, 0.25) is 5.02 Å². The van der Waals surface area contributed by atoms with Crippen molar-refractivity contribution in [3.63, 3.8) is 0 Å². The van der Waals surface area contributed by atoms with E-state index in [9.17, 15) is 17.7 Å². The molecule has 14 heavy (non-hydrogen) atoms. The molecule has 78 valence electrons. The fraction of sp³-hybridized carbons (Fsp3) is 0.143. The summed E-state index contributed by atoms with van der Waals surface area (Å²) in [6.45, 7) is 0. The van der Waals surface area contributed by atoms with Crippen LogP contribution in [0.5, 0.6) is 5.75 Å². The van der Waals surface area contributed by atoms with Crippen LogP contribution in [0.15, 0.2) is 23.1 Å². The normalized spacial score (nSPS) is 14.1. The number of hydrogen-bond donors (Lipinski definition) is 1. The molecule has 1 N–H and O–H groups in total. The van der Waals surface area contributed by atoms with E-state index < -0.39 is 21.6 Å². The van der Waals surface area contributed by atoms with E-state index in [1.807, 2.05) is 0 Å². The Morgan fingerprint density at radius 1 is 1.36 bits per heavy atom. The number of halogens is 4. The Labute approximate surface area is 85.5 Å². The summed E-state index contributed by atoms with van der Waals surface area (Å²) in [5.74, 6) is -0.280. The molecule has 0 saturated carbocycles. The highest BCUT2D eigenvalue weighted by atomic mass is 35.5. The second-order valence-corrected chi connectivity index (χ2v) is 4.18. The van der Waals surface area contributed by atoms with Crippen molar-refractivity contribution in [1.82, 2.24) is 0 Å². The van der Waals surface area contributed by atoms with Gasteiger partial charge in [-0.3, -0.25) is 0 Å². The summed E-state index contributed by atoms with van der Waals surface area (Å²) >= 11 is 2.21. The summed E-state index contributed by atoms with van der Waals surface area (Å²) in [7, 11) is 0. The zero-order valence-electron chi connectivity index (χ0n) is 6.51. The Bertz CT molecular complexity index is 342. The van der Waals surface area contributed by atoms with Crippen molar-refractivity contribution >= 4 is 22.8 Å². The molecule has 0 saturated heterocycles. The highest BCUT2D eigenvalue weighted by molar-refractivity contribution is 7.92. The van der Waals surface area contributed by atoms with E-state index >= 15 is 0 Å². The standard InChI is InChI=1S/C7H4ClF3O2S/c8-5-3-4(12)1-2-6(5)14(13)7(9,10)11/h1-3,12H. The summed E-state index contributed by atoms with van der Waals surface area (Å²) in [6, 6.07) is 2.77. The third kappa shape index (κ3) is 2.46. The van der Waals surface area contributed by atoms with Crippen molar-refractivity contribution in [3.8, 4) is 5.75 Å². The lowest BCUT2D eigenvalue weighted by atomic mass is 10.3. The third-order valence-corrected chi connectivity index (χ3v) is 2.93. The summed E-state index contributed by atoms with van der Waals surface area (Å²) in [4.78, 5) is -0.558. The zero-order chi connectivity index (χ0) is 10.9. The molecule has 0 aromatic heterocycles. The van der Waals surface area contributed by atoms with Crippen molar-refractivity contribution in [1.29, 1.82) is 0 Å². The van der Waals surface area contributed by atoms with E-state index in [1.54, 1.807) is 0 Å². The van der Waals surface area contributed by atoms with Gasteiger partial charge in [0.15, 0.2) is 4.90 Å². The van der Waals surface area contributed by atoms with Crippen LogP contribution in [0.1, 0.15) is 0 Å². The fourth-order valence-electron chi connectivity index (χ4n) is 0.765. The molecule has 0 spiro atoms. The van der Waals surface area contributed by atoms with Gasteiger partial charge in [0.1, 0.15) is 16.9 Å². The van der Waals surface area contributed by atoms with Crippen LogP contribution in [-0.2, 0) is 11.2 Å². The summed E-state index contributed by atoms with van der Waals surface area (Å²) < 4.78 is 46.8. The number of benzene rings is 1. The topological polar surface area (TPSA) is 43.3 Å². The first-order valence-electron chi connectivity index (χ1n) is 3.29. The van der Waals surface area contributed by atoms with Crippen LogP contribution >= 0.6 is 11.6 Å². The molecule has 0 aliphatic carbocycles. The first-order valence-corrected chi connectivity index (χ1v) is 4.82. The van der Waals surface area contributed by atoms with Crippen LogP contribution in [0, 0.1) is 0 Å². The predicted molar refractivity (Wildman–Crippen MR) is 45.6 cm³/mol. The molecule has 0 fully saturated rings. The van der Waals surface area contributed by atoms with Gasteiger partial charge in [0, 0.05) is 6.07 Å². The lowest BCUT2D eigenvalue weighted by molar-refractivity contribution is -0.0435. The number of alkyl halides is 3. The number of rotatable bonds is 1. The van der Waals surface area contributed by atoms with Crippen LogP contribution in [0.3, 0.4) is 0 Å². The van der Waals surface area contributed by atoms with Crippen LogP contribution in [0.25, 0.3) is 0 Å². The Morgan fingerprint density at radius 3 is 2.36 bits per heavy atom. The smallest absolute Gasteiger partial charge is 0.578 e. The maximum absolute atomic E-state index is 12.0. The molecule has 1 aromatic rings. The van der Waals surface area contributed by atoms with Crippen LogP contribution < -0.4 is 0 Å². The minimum atomic E-state index is -4.85. The Morgan fingerprint density at radius 2 is 1.93 bits per heavy atom. The SMILES string of the molecule is [O-][S+](c1ccc(O)cc1Cl)C(F)(F)F. The number of phenols is 1. The summed E-state index contributed by atoms with van der Waals surface area (Å²) in [5.41, 5.74) is -4.85. The quantitative estimate of drug-likeness (QED) is 0.772. The van der Waals surface area contributed by atoms with E-state index in [0.29, 0.717) is 0 Å². The van der Waals surface area contributed by atoms with Gasteiger partial charge in [-0.2, -0.15) is 0 Å². The first kappa shape index (κ1) is 11.5. The molecule has 1 rings (SSSR count). The van der Waals surface area contributed by atoms with Gasteiger partial charge in [-0.05, 0) is 12.1 Å². The minimum Gasteiger partial charge on any atom is -0.604 e. The Balaban J connectivity index is 3.08. The summed E-state index contributed by atoms with van der Waals surface area (Å²) in [5, 5.41) is 8.48. The third-order valence-electron chi connectivity index (χ3n) is 1.33. The molecule has 2 nitrogen and oxygen atoms in total. The molecule has 0 radical (unpaired) electrons. The summed E-state index contributed by atoms with van der Waals surface area (Å²) in [6.07, 6.45) is 0. The van der Waals surface area contributed by atoms with E-state index in [4.69, 9.17) is 16.7 Å². The highest BCUT2D eigenvalue weighted by Gasteiger charge is 2.47. The Hall–Kier alpha value is -0.590. The fourth-order valence-corrected chi connectivity index (χ4v) is 1.83. The molecular formula is C7H4ClF3O2S. The molecule has 1 unspecified atom stereocenters. The van der Waals surface area contributed by atoms with Gasteiger partial charge in [-0.15, -0.1) is 13.2 Å². The van der Waals surface area contributed by atoms with E-state index in [2.05, 4.69) is 0 Å². The van der Waals surface area contributed by atoms with Crippen molar-refractivity contribution < 1.29 is 22.8 Å². The lowest BCUT2D eigenvalue weighted by Gasteiger charge is -2.12. The van der Waals surface area contributed by atoms with Crippen molar-refractivity contribution in [2.75, 3.05) is 0 Å². The highest BCUT2D eigenvalue weighted by Crippen LogP contribution is 2.35. The molecular weight excluding hydrogens is 241 g/mol. The van der Waals surface area contributed by atoms with Crippen LogP contribution in [0.4, 0.5) is 13.2 Å². The lowest BCUT2D eigenvalue weighted by Crippen LogP contribution is -2.23. The molecule has 0 aliphatic heterocycles. The van der Waals surface area contributed by atoms with E-state index in [0.717, 1.165) is 18.2 Å². The largest absolute Gasteiger partial charge is 0.604 e. The number of phenolic OH excluding ortho intramolecular Hbond substituents is 1. The molecule has 1 aromatic carbocycles. The predicted octanol–water partition coefficient (Wildman–Crippen LogP) is 2.67. The minimum absolute atomic E-state index is 0.280. The van der Waals surface area contributed by atoms with Crippen LogP contribution in [-0.4, -0.2) is 15.2 Å². The van der Waals surface area contributed by atoms with Gasteiger partial charge in [0.25, 0.3) is 0 Å². The maximum Gasteiger partial charge on any atom is 0.578 e. The van der Waals surface area contributed by atoms with Gasteiger partial charge in [-0.25, -0.2) is 0 Å². The molecule has 0 aliphatic rings. The Kier molecular flexibility index (Phi) is 3.18. The molecule has 1 atom stereocenters. The maximum atomic E-state index is 12.0.